The van der Waals surface area contributed by atoms with E-state index in [1.165, 1.54) is 38.2 Å². The van der Waals surface area contributed by atoms with E-state index in [1.807, 2.05) is 18.2 Å². The van der Waals surface area contributed by atoms with E-state index < -0.39 is 10.7 Å². The van der Waals surface area contributed by atoms with Crippen molar-refractivity contribution in [2.75, 3.05) is 38.8 Å². The fourth-order valence-corrected chi connectivity index (χ4v) is 7.36. The molecule has 2 saturated heterocycles. The molecule has 0 amide bonds. The van der Waals surface area contributed by atoms with Crippen molar-refractivity contribution in [2.45, 2.75) is 58.0 Å². The predicted octanol–water partition coefficient (Wildman–Crippen LogP) is 7.00. The van der Waals surface area contributed by atoms with Crippen molar-refractivity contribution in [3.05, 3.63) is 82.3 Å². The molecule has 55 heavy (non-hydrogen) atoms. The maximum atomic E-state index is 14.5. The van der Waals surface area contributed by atoms with Gasteiger partial charge in [0.25, 0.3) is 12.2 Å². The molecule has 0 saturated carbocycles. The number of piperidine rings is 1. The van der Waals surface area contributed by atoms with Gasteiger partial charge in [-0.2, -0.15) is 9.97 Å². The third-order valence-electron chi connectivity index (χ3n) is 9.75. The Morgan fingerprint density at radius 3 is 2.49 bits per heavy atom. The number of benzene rings is 3. The van der Waals surface area contributed by atoms with E-state index in [0.717, 1.165) is 65.3 Å². The van der Waals surface area contributed by atoms with Crippen LogP contribution >= 0.6 is 9.24 Å². The van der Waals surface area contributed by atoms with Crippen molar-refractivity contribution in [3.63, 3.8) is 0 Å². The van der Waals surface area contributed by atoms with Gasteiger partial charge in [-0.25, -0.2) is 4.39 Å². The highest BCUT2D eigenvalue weighted by Crippen LogP contribution is 2.35. The van der Waals surface area contributed by atoms with Crippen LogP contribution < -0.4 is 25.0 Å². The molecular formula is C41H46FN6O6P. The van der Waals surface area contributed by atoms with Gasteiger partial charge in [-0.15, -0.1) is 15.7 Å². The standard InChI is InChI=1S/C26H24FN4OP.C8H15NO2.C7H7NO3/c1-4-17-20(27)11-10-16-8-5-9-18(21(16)17)22-24(33)23-19(13-28-22)25(30-26(29-23)32-3)31-12-6-7-15(2)14-31;1-2-7-3-4-8(9-7)5-11-6-10;1-11-7-4-2-6(3-5-7)8(9)10/h1,5,8-11,13,15H,6-7,12,14,33H2,2-3H3;6-9H,2-5H2,1H3;2-5H,1H3. The van der Waals surface area contributed by atoms with Gasteiger partial charge in [0, 0.05) is 59.8 Å². The van der Waals surface area contributed by atoms with E-state index in [0.29, 0.717) is 53.9 Å². The number of nitro benzene ring substituents is 1. The van der Waals surface area contributed by atoms with Crippen molar-refractivity contribution >= 4 is 54.2 Å². The number of methoxy groups -OCH3 is 2. The van der Waals surface area contributed by atoms with Crippen molar-refractivity contribution in [1.29, 1.82) is 0 Å². The largest absolute Gasteiger partial charge is 0.497 e. The van der Waals surface area contributed by atoms with Crippen molar-refractivity contribution in [1.82, 2.24) is 20.3 Å². The average molecular weight is 769 g/mol. The summed E-state index contributed by atoms with van der Waals surface area (Å²) in [5.74, 6) is 4.14. The van der Waals surface area contributed by atoms with Crippen LogP contribution in [0.25, 0.3) is 32.9 Å². The minimum atomic E-state index is -0.445. The number of ether oxygens (including phenoxy) is 3. The molecule has 2 aliphatic rings. The van der Waals surface area contributed by atoms with E-state index >= 15 is 0 Å². The van der Waals surface area contributed by atoms with E-state index in [2.05, 4.69) is 53.9 Å². The summed E-state index contributed by atoms with van der Waals surface area (Å²) in [6.45, 7) is 7.33. The lowest BCUT2D eigenvalue weighted by molar-refractivity contribution is -0.384. The summed E-state index contributed by atoms with van der Waals surface area (Å²) in [5.41, 5.74) is 2.49. The summed E-state index contributed by atoms with van der Waals surface area (Å²) in [7, 11) is 5.84. The Labute approximate surface area is 322 Å². The van der Waals surface area contributed by atoms with Crippen molar-refractivity contribution in [3.8, 4) is 35.4 Å². The number of fused-ring (bicyclic) bond motifs is 2. The highest BCUT2D eigenvalue weighted by molar-refractivity contribution is 7.28. The Balaban J connectivity index is 0.000000215. The minimum Gasteiger partial charge on any atom is -0.497 e. The number of nitro groups is 1. The highest BCUT2D eigenvalue weighted by atomic mass is 31.0. The van der Waals surface area contributed by atoms with Crippen molar-refractivity contribution < 1.29 is 28.3 Å². The van der Waals surface area contributed by atoms with E-state index in [4.69, 9.17) is 20.9 Å². The molecular weight excluding hydrogens is 722 g/mol. The number of carbonyl (C=O) groups is 1. The SMILES string of the molecule is C#Cc1c(F)ccc2cccc(-c3ncc4c(N5CCCC(C)C5)nc(OC)nc4c3P)c12.CCC1CCC(COC=O)N1.COc1ccc([N+](=O)[O-])cc1. The number of hydrogen-bond acceptors (Lipinski definition) is 11. The maximum absolute atomic E-state index is 14.5. The average Bonchev–Trinajstić information content (AvgIpc) is 3.68. The van der Waals surface area contributed by atoms with Crippen LogP contribution in [0, 0.1) is 34.2 Å². The zero-order chi connectivity index (χ0) is 39.5. The number of carbonyl (C=O) groups excluding carboxylic acids is 1. The van der Waals surface area contributed by atoms with Crippen LogP contribution in [0.5, 0.6) is 11.8 Å². The first-order chi connectivity index (χ1) is 26.6. The van der Waals surface area contributed by atoms with E-state index in [-0.39, 0.29) is 11.3 Å². The van der Waals surface area contributed by atoms with Gasteiger partial charge < -0.3 is 24.4 Å². The molecule has 5 aromatic rings. The number of aromatic nitrogens is 3. The summed E-state index contributed by atoms with van der Waals surface area (Å²) in [6, 6.07) is 16.1. The summed E-state index contributed by atoms with van der Waals surface area (Å²) < 4.78 is 29.5. The third kappa shape index (κ3) is 9.82. The number of nitrogens with one attached hydrogen (secondary N) is 1. The predicted molar refractivity (Wildman–Crippen MR) is 217 cm³/mol. The van der Waals surface area contributed by atoms with Crippen molar-refractivity contribution in [2.24, 2.45) is 5.92 Å². The molecule has 2 aliphatic heterocycles. The van der Waals surface area contributed by atoms with Gasteiger partial charge in [-0.3, -0.25) is 19.9 Å². The second kappa shape index (κ2) is 19.2. The lowest BCUT2D eigenvalue weighted by Gasteiger charge is -2.32. The number of nitrogens with zero attached hydrogens (tertiary/aromatic N) is 5. The first-order valence-electron chi connectivity index (χ1n) is 18.1. The third-order valence-corrected chi connectivity index (χ3v) is 10.3. The van der Waals surface area contributed by atoms with Crippen LogP contribution in [-0.2, 0) is 9.53 Å². The zero-order valence-electron chi connectivity index (χ0n) is 31.5. The molecule has 0 spiro atoms. The molecule has 12 nitrogen and oxygen atoms in total. The monoisotopic (exact) mass is 768 g/mol. The highest BCUT2D eigenvalue weighted by Gasteiger charge is 2.24. The molecule has 1 N–H and O–H groups in total. The molecule has 0 aliphatic carbocycles. The summed E-state index contributed by atoms with van der Waals surface area (Å²) in [6.07, 6.45) is 13.3. The number of halogens is 1. The summed E-state index contributed by atoms with van der Waals surface area (Å²) in [5, 5.41) is 16.7. The number of non-ortho nitro benzene ring substituents is 1. The van der Waals surface area contributed by atoms with Crippen LogP contribution in [0.15, 0.2) is 60.8 Å². The molecule has 0 bridgehead atoms. The van der Waals surface area contributed by atoms with Crippen LogP contribution in [0.1, 0.15) is 51.5 Å². The minimum absolute atomic E-state index is 0.0748. The molecule has 3 aromatic carbocycles. The number of pyridine rings is 1. The molecule has 288 valence electrons. The van der Waals surface area contributed by atoms with Crippen LogP contribution in [0.2, 0.25) is 0 Å². The number of rotatable bonds is 9. The fraction of sp³-hybridized carbons (Fsp3) is 0.366. The van der Waals surface area contributed by atoms with Gasteiger partial charge in [0.1, 0.15) is 24.0 Å². The summed E-state index contributed by atoms with van der Waals surface area (Å²) >= 11 is 0. The number of anilines is 1. The molecule has 4 unspecified atom stereocenters. The first-order valence-corrected chi connectivity index (χ1v) is 18.7. The quantitative estimate of drug-likeness (QED) is 0.0545. The Hall–Kier alpha value is -5.44. The zero-order valence-corrected chi connectivity index (χ0v) is 32.6. The first kappa shape index (κ1) is 40.7. The Morgan fingerprint density at radius 1 is 1.09 bits per heavy atom. The lowest BCUT2D eigenvalue weighted by atomic mass is 9.96. The normalized spacial score (nSPS) is 17.6. The van der Waals surface area contributed by atoms with E-state index in [9.17, 15) is 19.3 Å². The second-order valence-corrected chi connectivity index (χ2v) is 14.0. The van der Waals surface area contributed by atoms with Gasteiger partial charge in [0.2, 0.25) is 0 Å². The topological polar surface area (TPSA) is 142 Å². The Bertz CT molecular complexity index is 2160. The van der Waals surface area contributed by atoms with Gasteiger partial charge in [-0.05, 0) is 61.6 Å². The smallest absolute Gasteiger partial charge is 0.318 e. The Morgan fingerprint density at radius 2 is 1.85 bits per heavy atom. The molecule has 2 aromatic heterocycles. The van der Waals surface area contributed by atoms with Gasteiger partial charge in [-0.1, -0.05) is 44.0 Å². The number of hydrogen-bond donors (Lipinski definition) is 1. The van der Waals surface area contributed by atoms with Crippen LogP contribution in [0.3, 0.4) is 0 Å². The van der Waals surface area contributed by atoms with Gasteiger partial charge in [0.05, 0.1) is 41.3 Å². The molecule has 7 rings (SSSR count). The second-order valence-electron chi connectivity index (χ2n) is 13.4. The van der Waals surface area contributed by atoms with Gasteiger partial charge in [0.15, 0.2) is 0 Å². The van der Waals surface area contributed by atoms with Crippen LogP contribution in [-0.4, -0.2) is 72.3 Å². The molecule has 2 fully saturated rings. The molecule has 4 heterocycles. The molecule has 0 radical (unpaired) electrons. The number of terminal acetylenes is 1. The van der Waals surface area contributed by atoms with Crippen LogP contribution in [0.4, 0.5) is 15.9 Å². The molecule has 4 atom stereocenters. The summed E-state index contributed by atoms with van der Waals surface area (Å²) in [4.78, 5) is 36.0. The Kier molecular flexibility index (Phi) is 14.3. The molecule has 14 heteroatoms. The van der Waals surface area contributed by atoms with Gasteiger partial charge >= 0.3 is 6.01 Å². The maximum Gasteiger partial charge on any atom is 0.318 e. The lowest BCUT2D eigenvalue weighted by Crippen LogP contribution is -2.35. The van der Waals surface area contributed by atoms with E-state index in [1.54, 1.807) is 31.5 Å². The fourth-order valence-electron chi connectivity index (χ4n) is 6.91.